The highest BCUT2D eigenvalue weighted by Crippen LogP contribution is 2.16. The molecule has 0 saturated carbocycles. The number of benzene rings is 1. The Morgan fingerprint density at radius 3 is 2.26 bits per heavy atom. The average Bonchev–Trinajstić information content (AvgIpc) is 2.57. The van der Waals surface area contributed by atoms with Gasteiger partial charge in [0.05, 0.1) is 12.2 Å². The molecular weight excluding hydrogens is 292 g/mol. The molecule has 0 aliphatic rings. The molecule has 0 spiro atoms. The molecule has 0 aromatic heterocycles. The van der Waals surface area contributed by atoms with Gasteiger partial charge in [0.2, 0.25) is 6.10 Å². The monoisotopic (exact) mass is 320 g/mol. The Hall–Kier alpha value is -1.84. The van der Waals surface area contributed by atoms with Crippen molar-refractivity contribution in [2.45, 2.75) is 59.5 Å². The van der Waals surface area contributed by atoms with Crippen molar-refractivity contribution in [3.05, 3.63) is 35.4 Å². The molecule has 0 saturated heterocycles. The van der Waals surface area contributed by atoms with Crippen molar-refractivity contribution in [1.29, 1.82) is 0 Å². The van der Waals surface area contributed by atoms with Gasteiger partial charge in [-0.3, -0.25) is 0 Å². The Morgan fingerprint density at radius 1 is 1.09 bits per heavy atom. The van der Waals surface area contributed by atoms with Crippen LogP contribution in [0.15, 0.2) is 24.3 Å². The van der Waals surface area contributed by atoms with Gasteiger partial charge in [-0.2, -0.15) is 0 Å². The lowest BCUT2D eigenvalue weighted by molar-refractivity contribution is -0.156. The number of carbonyl (C=O) groups excluding carboxylic acids is 2. The van der Waals surface area contributed by atoms with Gasteiger partial charge in [-0.15, -0.1) is 0 Å². The first-order chi connectivity index (χ1) is 11.0. The Labute approximate surface area is 139 Å². The molecule has 2 atom stereocenters. The third-order valence-electron chi connectivity index (χ3n) is 3.92. The Morgan fingerprint density at radius 2 is 1.74 bits per heavy atom. The highest BCUT2D eigenvalue weighted by atomic mass is 16.6. The van der Waals surface area contributed by atoms with E-state index in [0.29, 0.717) is 5.56 Å². The number of rotatable bonds is 9. The summed E-state index contributed by atoms with van der Waals surface area (Å²) >= 11 is 0. The van der Waals surface area contributed by atoms with E-state index in [9.17, 15) is 9.59 Å². The SMILES string of the molecule is CCCCc1ccc(C(=O)OC(C(=O)OCC)C(C)CC)cc1. The highest BCUT2D eigenvalue weighted by molar-refractivity contribution is 5.91. The van der Waals surface area contributed by atoms with Crippen LogP contribution in [0.2, 0.25) is 0 Å². The summed E-state index contributed by atoms with van der Waals surface area (Å²) in [7, 11) is 0. The number of hydrogen-bond donors (Lipinski definition) is 0. The predicted molar refractivity (Wildman–Crippen MR) is 90.3 cm³/mol. The van der Waals surface area contributed by atoms with Gasteiger partial charge >= 0.3 is 11.9 Å². The smallest absolute Gasteiger partial charge is 0.347 e. The van der Waals surface area contributed by atoms with Gasteiger partial charge in [-0.05, 0) is 43.9 Å². The normalized spacial score (nSPS) is 13.2. The summed E-state index contributed by atoms with van der Waals surface area (Å²) in [5, 5.41) is 0. The van der Waals surface area contributed by atoms with Crippen molar-refractivity contribution in [3.8, 4) is 0 Å². The summed E-state index contributed by atoms with van der Waals surface area (Å²) in [6.07, 6.45) is 3.15. The van der Waals surface area contributed by atoms with E-state index in [2.05, 4.69) is 6.92 Å². The largest absolute Gasteiger partial charge is 0.463 e. The Balaban J connectivity index is 2.75. The second-order valence-electron chi connectivity index (χ2n) is 5.76. The summed E-state index contributed by atoms with van der Waals surface area (Å²) in [6, 6.07) is 7.39. The first kappa shape index (κ1) is 19.2. The molecule has 0 fully saturated rings. The number of aryl methyl sites for hydroxylation is 1. The minimum absolute atomic E-state index is 0.0816. The van der Waals surface area contributed by atoms with Crippen molar-refractivity contribution in [3.63, 3.8) is 0 Å². The molecule has 4 nitrogen and oxygen atoms in total. The van der Waals surface area contributed by atoms with Crippen molar-refractivity contribution in [2.75, 3.05) is 6.61 Å². The van der Waals surface area contributed by atoms with E-state index in [0.717, 1.165) is 25.7 Å². The standard InChI is InChI=1S/C19H28O4/c1-5-8-9-15-10-12-16(13-11-15)18(20)23-17(14(4)6-2)19(21)22-7-3/h10-14,17H,5-9H2,1-4H3. The predicted octanol–water partition coefficient (Wildman–Crippen LogP) is 4.16. The summed E-state index contributed by atoms with van der Waals surface area (Å²) in [5.41, 5.74) is 1.66. The van der Waals surface area contributed by atoms with Crippen molar-refractivity contribution in [2.24, 2.45) is 5.92 Å². The number of unbranched alkanes of at least 4 members (excludes halogenated alkanes) is 1. The van der Waals surface area contributed by atoms with Gasteiger partial charge in [0.25, 0.3) is 0 Å². The van der Waals surface area contributed by atoms with Gasteiger partial charge in [0.15, 0.2) is 0 Å². The molecule has 0 aliphatic heterocycles. The fraction of sp³-hybridized carbons (Fsp3) is 0.579. The van der Waals surface area contributed by atoms with Crippen LogP contribution in [-0.4, -0.2) is 24.6 Å². The zero-order chi connectivity index (χ0) is 17.2. The molecule has 0 radical (unpaired) electrons. The molecule has 2 unspecified atom stereocenters. The first-order valence-corrected chi connectivity index (χ1v) is 8.49. The summed E-state index contributed by atoms with van der Waals surface area (Å²) < 4.78 is 10.4. The zero-order valence-corrected chi connectivity index (χ0v) is 14.6. The molecule has 0 aliphatic carbocycles. The Kier molecular flexibility index (Phi) is 8.38. The lowest BCUT2D eigenvalue weighted by Crippen LogP contribution is -2.34. The van der Waals surface area contributed by atoms with Crippen molar-refractivity contribution in [1.82, 2.24) is 0 Å². The molecule has 0 N–H and O–H groups in total. The van der Waals surface area contributed by atoms with Crippen LogP contribution in [0.1, 0.15) is 62.9 Å². The minimum Gasteiger partial charge on any atom is -0.463 e. The molecule has 128 valence electrons. The van der Waals surface area contributed by atoms with E-state index in [-0.39, 0.29) is 12.5 Å². The van der Waals surface area contributed by atoms with Gasteiger partial charge in [0, 0.05) is 5.92 Å². The second-order valence-corrected chi connectivity index (χ2v) is 5.76. The molecule has 23 heavy (non-hydrogen) atoms. The summed E-state index contributed by atoms with van der Waals surface area (Å²) in [5.74, 6) is -1.04. The van der Waals surface area contributed by atoms with Gasteiger partial charge in [-0.1, -0.05) is 39.3 Å². The highest BCUT2D eigenvalue weighted by Gasteiger charge is 2.29. The van der Waals surface area contributed by atoms with E-state index in [1.54, 1.807) is 19.1 Å². The lowest BCUT2D eigenvalue weighted by Gasteiger charge is -2.21. The maximum Gasteiger partial charge on any atom is 0.347 e. The number of hydrogen-bond acceptors (Lipinski definition) is 4. The molecule has 0 bridgehead atoms. The number of esters is 2. The maximum atomic E-state index is 12.3. The first-order valence-electron chi connectivity index (χ1n) is 8.49. The van der Waals surface area contributed by atoms with Crippen LogP contribution in [0.25, 0.3) is 0 Å². The third kappa shape index (κ3) is 6.05. The van der Waals surface area contributed by atoms with E-state index in [1.807, 2.05) is 26.0 Å². The molecule has 1 aromatic carbocycles. The Bertz CT molecular complexity index is 493. The van der Waals surface area contributed by atoms with Crippen LogP contribution >= 0.6 is 0 Å². The summed E-state index contributed by atoms with van der Waals surface area (Å²) in [6.45, 7) is 7.99. The van der Waals surface area contributed by atoms with Gasteiger partial charge in [0.1, 0.15) is 0 Å². The van der Waals surface area contributed by atoms with E-state index < -0.39 is 18.0 Å². The topological polar surface area (TPSA) is 52.6 Å². The molecule has 0 amide bonds. The average molecular weight is 320 g/mol. The molecular formula is C19H28O4. The van der Waals surface area contributed by atoms with Crippen LogP contribution in [0.3, 0.4) is 0 Å². The molecule has 4 heteroatoms. The van der Waals surface area contributed by atoms with Crippen LogP contribution in [0.4, 0.5) is 0 Å². The fourth-order valence-corrected chi connectivity index (χ4v) is 2.21. The molecule has 0 heterocycles. The number of ether oxygens (including phenoxy) is 2. The molecule has 1 aromatic rings. The van der Waals surface area contributed by atoms with Crippen LogP contribution in [0.5, 0.6) is 0 Å². The third-order valence-corrected chi connectivity index (χ3v) is 3.92. The minimum atomic E-state index is -0.854. The van der Waals surface area contributed by atoms with Gasteiger partial charge in [-0.25, -0.2) is 9.59 Å². The van der Waals surface area contributed by atoms with E-state index in [4.69, 9.17) is 9.47 Å². The fourth-order valence-electron chi connectivity index (χ4n) is 2.21. The molecule has 1 rings (SSSR count). The lowest BCUT2D eigenvalue weighted by atomic mass is 10.0. The maximum absolute atomic E-state index is 12.3. The van der Waals surface area contributed by atoms with Crippen molar-refractivity contribution < 1.29 is 19.1 Å². The van der Waals surface area contributed by atoms with Crippen LogP contribution in [0, 0.1) is 5.92 Å². The van der Waals surface area contributed by atoms with E-state index in [1.165, 1.54) is 5.56 Å². The van der Waals surface area contributed by atoms with Crippen molar-refractivity contribution >= 4 is 11.9 Å². The van der Waals surface area contributed by atoms with Crippen LogP contribution in [-0.2, 0) is 20.7 Å². The number of carbonyl (C=O) groups is 2. The summed E-state index contributed by atoms with van der Waals surface area (Å²) in [4.78, 5) is 24.3. The van der Waals surface area contributed by atoms with E-state index >= 15 is 0 Å². The zero-order valence-electron chi connectivity index (χ0n) is 14.6. The quantitative estimate of drug-likeness (QED) is 0.641. The second kappa shape index (κ2) is 10.0. The van der Waals surface area contributed by atoms with Crippen LogP contribution < -0.4 is 0 Å². The van der Waals surface area contributed by atoms with Gasteiger partial charge < -0.3 is 9.47 Å².